The van der Waals surface area contributed by atoms with E-state index in [4.69, 9.17) is 5.26 Å². The zero-order valence-corrected chi connectivity index (χ0v) is 6.15. The summed E-state index contributed by atoms with van der Waals surface area (Å²) in [4.78, 5) is 0. The van der Waals surface area contributed by atoms with Crippen LogP contribution in [0.5, 0.6) is 0 Å². The van der Waals surface area contributed by atoms with Gasteiger partial charge in [0.15, 0.2) is 6.19 Å². The molecule has 0 aromatic heterocycles. The molecule has 0 spiro atoms. The van der Waals surface area contributed by atoms with Crippen molar-refractivity contribution < 1.29 is 0 Å². The van der Waals surface area contributed by atoms with E-state index in [1.54, 1.807) is 0 Å². The maximum Gasteiger partial charge on any atom is 0.176 e. The van der Waals surface area contributed by atoms with Gasteiger partial charge in [-0.1, -0.05) is 20.3 Å². The average molecular weight is 126 g/mol. The van der Waals surface area contributed by atoms with E-state index < -0.39 is 0 Å². The maximum absolute atomic E-state index is 8.12. The zero-order chi connectivity index (χ0) is 7.11. The van der Waals surface area contributed by atoms with E-state index in [2.05, 4.69) is 19.2 Å². The normalized spacial score (nSPS) is 12.1. The molecule has 2 heteroatoms. The van der Waals surface area contributed by atoms with Gasteiger partial charge in [-0.2, -0.15) is 5.26 Å². The molecular formula is C7H14N2. The van der Waals surface area contributed by atoms with E-state index in [-0.39, 0.29) is 0 Å². The van der Waals surface area contributed by atoms with Gasteiger partial charge < -0.3 is 5.32 Å². The lowest BCUT2D eigenvalue weighted by Crippen LogP contribution is -2.15. The van der Waals surface area contributed by atoms with Gasteiger partial charge in [-0.15, -0.1) is 0 Å². The number of hydrogen-bond acceptors (Lipinski definition) is 2. The minimum absolute atomic E-state index is 0.634. The van der Waals surface area contributed by atoms with E-state index >= 15 is 0 Å². The van der Waals surface area contributed by atoms with Gasteiger partial charge in [0.25, 0.3) is 0 Å². The number of rotatable bonds is 4. The molecule has 0 saturated carbocycles. The molecule has 0 aliphatic carbocycles. The van der Waals surface area contributed by atoms with Crippen LogP contribution >= 0.6 is 0 Å². The Bertz CT molecular complexity index is 93.6. The number of hydrogen-bond donors (Lipinski definition) is 1. The van der Waals surface area contributed by atoms with Crippen LogP contribution in [0.15, 0.2) is 0 Å². The predicted octanol–water partition coefficient (Wildman–Crippen LogP) is 1.49. The predicted molar refractivity (Wildman–Crippen MR) is 37.7 cm³/mol. The summed E-state index contributed by atoms with van der Waals surface area (Å²) in [6.07, 6.45) is 4.31. The van der Waals surface area contributed by atoms with E-state index in [1.165, 1.54) is 12.8 Å². The van der Waals surface area contributed by atoms with Crippen molar-refractivity contribution in [2.24, 2.45) is 5.92 Å². The summed E-state index contributed by atoms with van der Waals surface area (Å²) in [6.45, 7) is 5.13. The van der Waals surface area contributed by atoms with E-state index in [0.29, 0.717) is 5.92 Å². The molecule has 0 radical (unpaired) electrons. The van der Waals surface area contributed by atoms with Gasteiger partial charge in [-0.25, -0.2) is 0 Å². The van der Waals surface area contributed by atoms with Gasteiger partial charge in [-0.3, -0.25) is 0 Å². The molecule has 9 heavy (non-hydrogen) atoms. The second-order valence-electron chi connectivity index (χ2n) is 2.39. The topological polar surface area (TPSA) is 35.8 Å². The highest BCUT2D eigenvalue weighted by molar-refractivity contribution is 4.67. The van der Waals surface area contributed by atoms with Crippen molar-refractivity contribution in [3.8, 4) is 6.19 Å². The molecule has 0 heterocycles. The molecule has 0 fully saturated rings. The molecule has 0 aromatic rings. The molecule has 1 N–H and O–H groups in total. The fraction of sp³-hybridized carbons (Fsp3) is 0.857. The summed E-state index contributed by atoms with van der Waals surface area (Å²) in [5.41, 5.74) is 0. The third kappa shape index (κ3) is 5.16. The first-order valence-corrected chi connectivity index (χ1v) is 3.43. The molecule has 1 unspecified atom stereocenters. The molecule has 0 rings (SSSR count). The average Bonchev–Trinajstić information content (AvgIpc) is 1.85. The van der Waals surface area contributed by atoms with Crippen LogP contribution < -0.4 is 5.32 Å². The largest absolute Gasteiger partial charge is 0.324 e. The van der Waals surface area contributed by atoms with Gasteiger partial charge in [0.05, 0.1) is 0 Å². The Hall–Kier alpha value is -0.710. The van der Waals surface area contributed by atoms with Crippen molar-refractivity contribution in [2.45, 2.75) is 26.7 Å². The first kappa shape index (κ1) is 8.29. The Morgan fingerprint density at radius 3 is 2.78 bits per heavy atom. The Labute approximate surface area is 56.9 Å². The molecule has 0 aliphatic rings. The Balaban J connectivity index is 3.07. The van der Waals surface area contributed by atoms with Crippen LogP contribution in [0.3, 0.4) is 0 Å². The summed E-state index contributed by atoms with van der Waals surface area (Å²) < 4.78 is 0. The molecule has 52 valence electrons. The molecule has 0 amide bonds. The standard InChI is InChI=1S/C7H14N2/c1-3-4-7(2)5-9-6-8/h7,9H,3-5H2,1-2H3. The summed E-state index contributed by atoms with van der Waals surface area (Å²) in [6, 6.07) is 0. The number of nitrogens with one attached hydrogen (secondary N) is 1. The summed E-state index contributed by atoms with van der Waals surface area (Å²) in [7, 11) is 0. The third-order valence-electron chi connectivity index (χ3n) is 1.31. The van der Waals surface area contributed by atoms with E-state index in [0.717, 1.165) is 6.54 Å². The summed E-state index contributed by atoms with van der Waals surface area (Å²) in [5.74, 6) is 0.634. The Morgan fingerprint density at radius 1 is 1.67 bits per heavy atom. The van der Waals surface area contributed by atoms with Gasteiger partial charge in [-0.05, 0) is 12.3 Å². The van der Waals surface area contributed by atoms with Crippen LogP contribution in [0.2, 0.25) is 0 Å². The lowest BCUT2D eigenvalue weighted by molar-refractivity contribution is 0.510. The first-order valence-electron chi connectivity index (χ1n) is 3.43. The van der Waals surface area contributed by atoms with Crippen molar-refractivity contribution in [3.63, 3.8) is 0 Å². The lowest BCUT2D eigenvalue weighted by atomic mass is 10.1. The molecule has 0 aliphatic heterocycles. The Kier molecular flexibility index (Phi) is 5.00. The quantitative estimate of drug-likeness (QED) is 0.457. The fourth-order valence-electron chi connectivity index (χ4n) is 0.815. The van der Waals surface area contributed by atoms with E-state index in [1.807, 2.05) is 6.19 Å². The second-order valence-corrected chi connectivity index (χ2v) is 2.39. The van der Waals surface area contributed by atoms with Crippen molar-refractivity contribution in [1.82, 2.24) is 5.32 Å². The van der Waals surface area contributed by atoms with Crippen LogP contribution in [0.4, 0.5) is 0 Å². The second kappa shape index (κ2) is 5.43. The molecule has 0 bridgehead atoms. The molecule has 1 atom stereocenters. The van der Waals surface area contributed by atoms with Gasteiger partial charge in [0.1, 0.15) is 0 Å². The zero-order valence-electron chi connectivity index (χ0n) is 6.15. The molecule has 0 saturated heterocycles. The van der Waals surface area contributed by atoms with Crippen molar-refractivity contribution >= 4 is 0 Å². The van der Waals surface area contributed by atoms with E-state index in [9.17, 15) is 0 Å². The van der Waals surface area contributed by atoms with Gasteiger partial charge in [0, 0.05) is 6.54 Å². The minimum atomic E-state index is 0.634. The Morgan fingerprint density at radius 2 is 2.33 bits per heavy atom. The fourth-order valence-corrected chi connectivity index (χ4v) is 0.815. The van der Waals surface area contributed by atoms with Crippen molar-refractivity contribution in [2.75, 3.05) is 6.54 Å². The van der Waals surface area contributed by atoms with Crippen LogP contribution in [-0.4, -0.2) is 6.54 Å². The van der Waals surface area contributed by atoms with Gasteiger partial charge >= 0.3 is 0 Å². The highest BCUT2D eigenvalue weighted by Crippen LogP contribution is 2.01. The highest BCUT2D eigenvalue weighted by Gasteiger charge is 1.96. The smallest absolute Gasteiger partial charge is 0.176 e. The van der Waals surface area contributed by atoms with Crippen molar-refractivity contribution in [1.29, 1.82) is 5.26 Å². The third-order valence-corrected chi connectivity index (χ3v) is 1.31. The van der Waals surface area contributed by atoms with Crippen LogP contribution in [0.1, 0.15) is 26.7 Å². The number of nitriles is 1. The molecular weight excluding hydrogens is 112 g/mol. The monoisotopic (exact) mass is 126 g/mol. The first-order chi connectivity index (χ1) is 4.31. The van der Waals surface area contributed by atoms with Crippen molar-refractivity contribution in [3.05, 3.63) is 0 Å². The number of nitrogens with zero attached hydrogens (tertiary/aromatic N) is 1. The van der Waals surface area contributed by atoms with Gasteiger partial charge in [0.2, 0.25) is 0 Å². The van der Waals surface area contributed by atoms with Crippen LogP contribution in [-0.2, 0) is 0 Å². The summed E-state index contributed by atoms with van der Waals surface area (Å²) >= 11 is 0. The highest BCUT2D eigenvalue weighted by atomic mass is 14.8. The summed E-state index contributed by atoms with van der Waals surface area (Å²) in [5, 5.41) is 10.8. The van der Waals surface area contributed by atoms with Crippen LogP contribution in [0.25, 0.3) is 0 Å². The van der Waals surface area contributed by atoms with Crippen LogP contribution in [0, 0.1) is 17.4 Å². The molecule has 2 nitrogen and oxygen atoms in total. The molecule has 0 aromatic carbocycles. The maximum atomic E-state index is 8.12. The lowest BCUT2D eigenvalue weighted by Gasteiger charge is -2.05. The minimum Gasteiger partial charge on any atom is -0.324 e. The SMILES string of the molecule is CCCC(C)CNC#N.